The second kappa shape index (κ2) is 5.19. The number of rotatable bonds is 3. The Morgan fingerprint density at radius 1 is 1.35 bits per heavy atom. The molecule has 1 aromatic rings. The quantitative estimate of drug-likeness (QED) is 0.860. The number of piperazine rings is 1. The van der Waals surface area contributed by atoms with Crippen molar-refractivity contribution in [2.45, 2.75) is 38.3 Å². The minimum atomic E-state index is 0.327. The van der Waals surface area contributed by atoms with Gasteiger partial charge in [0.2, 0.25) is 0 Å². The van der Waals surface area contributed by atoms with E-state index >= 15 is 0 Å². The summed E-state index contributed by atoms with van der Waals surface area (Å²) in [7, 11) is 2.25. The number of likely N-dealkylation sites (N-methyl/N-ethyl adjacent to an activating group) is 1. The zero-order chi connectivity index (χ0) is 12.3. The van der Waals surface area contributed by atoms with Crippen molar-refractivity contribution in [3.8, 4) is 0 Å². The number of hydrogen-bond donors (Lipinski definition) is 1. The normalized spacial score (nSPS) is 30.4. The lowest BCUT2D eigenvalue weighted by Crippen LogP contribution is -2.62. The summed E-state index contributed by atoms with van der Waals surface area (Å²) >= 11 is 0. The zero-order valence-corrected chi connectivity index (χ0v) is 11.2. The summed E-state index contributed by atoms with van der Waals surface area (Å²) < 4.78 is 0. The highest BCUT2D eigenvalue weighted by molar-refractivity contribution is 5.16. The Morgan fingerprint density at radius 3 is 2.65 bits per heavy atom. The van der Waals surface area contributed by atoms with E-state index in [1.807, 2.05) is 0 Å². The topological polar surface area (TPSA) is 15.3 Å². The monoisotopic (exact) mass is 232 g/mol. The molecule has 1 aliphatic heterocycles. The molecule has 0 aliphatic carbocycles. The first-order chi connectivity index (χ1) is 8.14. The van der Waals surface area contributed by atoms with E-state index < -0.39 is 0 Å². The van der Waals surface area contributed by atoms with E-state index in [1.165, 1.54) is 12.0 Å². The molecule has 0 radical (unpaired) electrons. The lowest BCUT2D eigenvalue weighted by molar-refractivity contribution is 0.0756. The Kier molecular flexibility index (Phi) is 3.85. The van der Waals surface area contributed by atoms with E-state index in [-0.39, 0.29) is 0 Å². The lowest BCUT2D eigenvalue weighted by Gasteiger charge is -2.46. The second-order valence-corrected chi connectivity index (χ2v) is 5.50. The lowest BCUT2D eigenvalue weighted by atomic mass is 9.91. The Labute approximate surface area is 105 Å². The molecule has 2 unspecified atom stereocenters. The summed E-state index contributed by atoms with van der Waals surface area (Å²) in [5.41, 5.74) is 1.76. The summed E-state index contributed by atoms with van der Waals surface area (Å²) in [6, 6.07) is 11.3. The van der Waals surface area contributed by atoms with Crippen LogP contribution in [0.3, 0.4) is 0 Å². The van der Waals surface area contributed by atoms with Crippen molar-refractivity contribution >= 4 is 0 Å². The van der Waals surface area contributed by atoms with Crippen molar-refractivity contribution in [3.05, 3.63) is 35.9 Å². The van der Waals surface area contributed by atoms with Crippen molar-refractivity contribution in [2.24, 2.45) is 0 Å². The molecule has 1 N–H and O–H groups in total. The van der Waals surface area contributed by atoms with E-state index in [9.17, 15) is 0 Å². The first-order valence-electron chi connectivity index (χ1n) is 6.62. The molecular weight excluding hydrogens is 208 g/mol. The summed E-state index contributed by atoms with van der Waals surface area (Å²) in [5.74, 6) is 0. The standard InChI is InChI=1S/C15H24N2/c1-4-15(2)12-16-14(11-17(15)3)10-13-8-6-5-7-9-13/h5-9,14,16H,4,10-12H2,1-3H3. The molecule has 1 fully saturated rings. The molecule has 94 valence electrons. The first-order valence-corrected chi connectivity index (χ1v) is 6.62. The van der Waals surface area contributed by atoms with Crippen LogP contribution in [0.4, 0.5) is 0 Å². The smallest absolute Gasteiger partial charge is 0.0300 e. The Balaban J connectivity index is 1.94. The van der Waals surface area contributed by atoms with Crippen LogP contribution in [-0.4, -0.2) is 36.6 Å². The fourth-order valence-electron chi connectivity index (χ4n) is 2.54. The highest BCUT2D eigenvalue weighted by atomic mass is 15.2. The molecular formula is C15H24N2. The van der Waals surface area contributed by atoms with Crippen LogP contribution in [0, 0.1) is 0 Å². The van der Waals surface area contributed by atoms with Crippen LogP contribution < -0.4 is 5.32 Å². The fraction of sp³-hybridized carbons (Fsp3) is 0.600. The van der Waals surface area contributed by atoms with Crippen molar-refractivity contribution in [1.82, 2.24) is 10.2 Å². The maximum absolute atomic E-state index is 3.70. The third kappa shape index (κ3) is 2.88. The molecule has 2 atom stereocenters. The van der Waals surface area contributed by atoms with Crippen LogP contribution in [0.5, 0.6) is 0 Å². The molecule has 1 saturated heterocycles. The molecule has 0 amide bonds. The Hall–Kier alpha value is -0.860. The number of hydrogen-bond acceptors (Lipinski definition) is 2. The molecule has 1 heterocycles. The molecule has 0 spiro atoms. The van der Waals surface area contributed by atoms with Crippen LogP contribution in [0.1, 0.15) is 25.8 Å². The van der Waals surface area contributed by atoms with E-state index in [0.29, 0.717) is 11.6 Å². The fourth-order valence-corrected chi connectivity index (χ4v) is 2.54. The Morgan fingerprint density at radius 2 is 2.06 bits per heavy atom. The van der Waals surface area contributed by atoms with E-state index in [1.54, 1.807) is 0 Å². The second-order valence-electron chi connectivity index (χ2n) is 5.50. The van der Waals surface area contributed by atoms with Gasteiger partial charge in [-0.15, -0.1) is 0 Å². The van der Waals surface area contributed by atoms with Crippen LogP contribution >= 0.6 is 0 Å². The first kappa shape index (κ1) is 12.6. The average molecular weight is 232 g/mol. The van der Waals surface area contributed by atoms with Gasteiger partial charge in [-0.3, -0.25) is 4.90 Å². The van der Waals surface area contributed by atoms with Gasteiger partial charge in [-0.05, 0) is 32.4 Å². The minimum Gasteiger partial charge on any atom is -0.311 e. The van der Waals surface area contributed by atoms with Gasteiger partial charge in [0.05, 0.1) is 0 Å². The summed E-state index contributed by atoms with van der Waals surface area (Å²) in [6.07, 6.45) is 2.33. The largest absolute Gasteiger partial charge is 0.311 e. The molecule has 0 saturated carbocycles. The highest BCUT2D eigenvalue weighted by Gasteiger charge is 2.33. The Bertz CT molecular complexity index is 349. The highest BCUT2D eigenvalue weighted by Crippen LogP contribution is 2.21. The van der Waals surface area contributed by atoms with Crippen molar-refractivity contribution in [2.75, 3.05) is 20.1 Å². The zero-order valence-electron chi connectivity index (χ0n) is 11.2. The summed E-state index contributed by atoms with van der Waals surface area (Å²) in [4.78, 5) is 2.51. The van der Waals surface area contributed by atoms with Gasteiger partial charge in [-0.25, -0.2) is 0 Å². The SMILES string of the molecule is CCC1(C)CNC(Cc2ccccc2)CN1C. The average Bonchev–Trinajstić information content (AvgIpc) is 2.35. The number of nitrogens with one attached hydrogen (secondary N) is 1. The van der Waals surface area contributed by atoms with Crippen LogP contribution in [0.2, 0.25) is 0 Å². The third-order valence-corrected chi connectivity index (χ3v) is 4.27. The predicted molar refractivity (Wildman–Crippen MR) is 73.3 cm³/mol. The molecule has 17 heavy (non-hydrogen) atoms. The van der Waals surface area contributed by atoms with Gasteiger partial charge >= 0.3 is 0 Å². The van der Waals surface area contributed by atoms with E-state index in [2.05, 4.69) is 61.4 Å². The molecule has 1 aromatic carbocycles. The molecule has 0 bridgehead atoms. The number of nitrogens with zero attached hydrogens (tertiary/aromatic N) is 1. The number of benzene rings is 1. The maximum Gasteiger partial charge on any atom is 0.0300 e. The van der Waals surface area contributed by atoms with Crippen molar-refractivity contribution in [3.63, 3.8) is 0 Å². The summed E-state index contributed by atoms with van der Waals surface area (Å²) in [6.45, 7) is 6.85. The van der Waals surface area contributed by atoms with Crippen molar-refractivity contribution < 1.29 is 0 Å². The van der Waals surface area contributed by atoms with Crippen LogP contribution in [0.25, 0.3) is 0 Å². The van der Waals surface area contributed by atoms with Gasteiger partial charge in [-0.1, -0.05) is 37.3 Å². The van der Waals surface area contributed by atoms with Gasteiger partial charge in [0.15, 0.2) is 0 Å². The van der Waals surface area contributed by atoms with Gasteiger partial charge in [0.25, 0.3) is 0 Å². The van der Waals surface area contributed by atoms with Crippen molar-refractivity contribution in [1.29, 1.82) is 0 Å². The van der Waals surface area contributed by atoms with Crippen LogP contribution in [0.15, 0.2) is 30.3 Å². The predicted octanol–water partition coefficient (Wildman–Crippen LogP) is 2.30. The summed E-state index contributed by atoms with van der Waals surface area (Å²) in [5, 5.41) is 3.70. The molecule has 2 rings (SSSR count). The van der Waals surface area contributed by atoms with Gasteiger partial charge < -0.3 is 5.32 Å². The van der Waals surface area contributed by atoms with Gasteiger partial charge in [-0.2, -0.15) is 0 Å². The van der Waals surface area contributed by atoms with Crippen LogP contribution in [-0.2, 0) is 6.42 Å². The molecule has 1 aliphatic rings. The third-order valence-electron chi connectivity index (χ3n) is 4.27. The molecule has 2 nitrogen and oxygen atoms in total. The van der Waals surface area contributed by atoms with E-state index in [0.717, 1.165) is 19.5 Å². The minimum absolute atomic E-state index is 0.327. The van der Waals surface area contributed by atoms with Gasteiger partial charge in [0.1, 0.15) is 0 Å². The molecule has 0 aromatic heterocycles. The maximum atomic E-state index is 3.70. The molecule has 2 heteroatoms. The van der Waals surface area contributed by atoms with Gasteiger partial charge in [0, 0.05) is 24.7 Å². The van der Waals surface area contributed by atoms with E-state index in [4.69, 9.17) is 0 Å².